The topological polar surface area (TPSA) is 55.3 Å². The second-order valence-electron chi connectivity index (χ2n) is 7.85. The summed E-state index contributed by atoms with van der Waals surface area (Å²) < 4.78 is 43.5. The van der Waals surface area contributed by atoms with E-state index in [1.54, 1.807) is 19.3 Å². The Labute approximate surface area is 198 Å². The van der Waals surface area contributed by atoms with Gasteiger partial charge in [0.1, 0.15) is 0 Å². The van der Waals surface area contributed by atoms with E-state index in [9.17, 15) is 18.0 Å². The molecule has 10 heteroatoms. The number of hydrogen-bond acceptors (Lipinski definition) is 5. The van der Waals surface area contributed by atoms with E-state index in [0.717, 1.165) is 22.4 Å². The van der Waals surface area contributed by atoms with Crippen LogP contribution in [-0.2, 0) is 9.53 Å². The first kappa shape index (κ1) is 23.5. The Bertz CT molecular complexity index is 1220. The smallest absolute Gasteiger partial charge is 0.435 e. The number of carbonyl (C=O) groups is 1. The third-order valence-corrected chi connectivity index (χ3v) is 6.00. The van der Waals surface area contributed by atoms with E-state index >= 15 is 0 Å². The van der Waals surface area contributed by atoms with Gasteiger partial charge in [0.2, 0.25) is 0 Å². The standard InChI is InChI=1S/C23H18Cl2F3N3O2/c1-12-6-15(10-29-30-12)13-4-3-5-14(7-13)18-11-31(2)21(33-22(32)23(26,27)28)20-17(18)8-16(24)9-19(20)25/h3-10,18,21H,11H2,1-2H3/t18-,21?/m0/s1. The highest BCUT2D eigenvalue weighted by atomic mass is 35.5. The molecule has 2 aromatic carbocycles. The number of fused-ring (bicyclic) bond motifs is 1. The molecule has 5 nitrogen and oxygen atoms in total. The molecule has 0 radical (unpaired) electrons. The van der Waals surface area contributed by atoms with Crippen LogP contribution in [0.15, 0.2) is 48.7 Å². The summed E-state index contributed by atoms with van der Waals surface area (Å²) >= 11 is 12.6. The zero-order valence-corrected chi connectivity index (χ0v) is 19.0. The maximum Gasteiger partial charge on any atom is 0.490 e. The zero-order chi connectivity index (χ0) is 23.9. The van der Waals surface area contributed by atoms with Crippen LogP contribution < -0.4 is 0 Å². The number of ether oxygens (including phenoxy) is 1. The average molecular weight is 496 g/mol. The van der Waals surface area contributed by atoms with E-state index in [1.165, 1.54) is 11.0 Å². The predicted octanol–water partition coefficient (Wildman–Crippen LogP) is 5.94. The van der Waals surface area contributed by atoms with Crippen molar-refractivity contribution in [2.45, 2.75) is 25.2 Å². The first-order valence-corrected chi connectivity index (χ1v) is 10.7. The van der Waals surface area contributed by atoms with Crippen molar-refractivity contribution >= 4 is 29.2 Å². The van der Waals surface area contributed by atoms with Gasteiger partial charge in [0.15, 0.2) is 6.23 Å². The number of nitrogens with zero attached hydrogens (tertiary/aromatic N) is 3. The van der Waals surface area contributed by atoms with Gasteiger partial charge in [-0.3, -0.25) is 4.90 Å². The number of rotatable bonds is 3. The molecule has 1 aromatic heterocycles. The maximum atomic E-state index is 12.9. The molecule has 0 amide bonds. The van der Waals surface area contributed by atoms with Gasteiger partial charge in [-0.1, -0.05) is 47.5 Å². The Morgan fingerprint density at radius 1 is 1.15 bits per heavy atom. The van der Waals surface area contributed by atoms with Crippen LogP contribution in [-0.4, -0.2) is 40.8 Å². The lowest BCUT2D eigenvalue weighted by Crippen LogP contribution is -2.40. The number of alkyl halides is 3. The predicted molar refractivity (Wildman–Crippen MR) is 118 cm³/mol. The highest BCUT2D eigenvalue weighted by Crippen LogP contribution is 2.45. The average Bonchev–Trinajstić information content (AvgIpc) is 2.74. The second kappa shape index (κ2) is 8.93. The molecule has 0 N–H and O–H groups in total. The van der Waals surface area contributed by atoms with Gasteiger partial charge in [0.05, 0.1) is 16.9 Å². The molecular formula is C23H18Cl2F3N3O2. The normalized spacial score (nSPS) is 18.6. The molecule has 3 aromatic rings. The molecule has 4 rings (SSSR count). The molecule has 2 atom stereocenters. The maximum absolute atomic E-state index is 12.9. The number of halogens is 5. The van der Waals surface area contributed by atoms with Crippen molar-refractivity contribution in [3.05, 3.63) is 81.1 Å². The first-order chi connectivity index (χ1) is 15.5. The molecular weight excluding hydrogens is 478 g/mol. The molecule has 172 valence electrons. The Kier molecular flexibility index (Phi) is 6.35. The molecule has 0 bridgehead atoms. The van der Waals surface area contributed by atoms with Gasteiger partial charge in [0.25, 0.3) is 0 Å². The quantitative estimate of drug-likeness (QED) is 0.420. The third-order valence-electron chi connectivity index (χ3n) is 5.47. The van der Waals surface area contributed by atoms with E-state index in [0.29, 0.717) is 10.6 Å². The van der Waals surface area contributed by atoms with Gasteiger partial charge in [-0.15, -0.1) is 0 Å². The number of aryl methyl sites for hydroxylation is 1. The van der Waals surface area contributed by atoms with Crippen molar-refractivity contribution in [1.82, 2.24) is 15.1 Å². The molecule has 1 aliphatic heterocycles. The highest BCUT2D eigenvalue weighted by molar-refractivity contribution is 6.35. The molecule has 1 aliphatic rings. The number of benzene rings is 2. The van der Waals surface area contributed by atoms with Crippen LogP contribution in [0.25, 0.3) is 11.1 Å². The number of hydrogen-bond donors (Lipinski definition) is 0. The first-order valence-electron chi connectivity index (χ1n) is 9.91. The zero-order valence-electron chi connectivity index (χ0n) is 17.5. The van der Waals surface area contributed by atoms with E-state index in [1.807, 2.05) is 37.3 Å². The van der Waals surface area contributed by atoms with Crippen LogP contribution in [0.5, 0.6) is 0 Å². The fourth-order valence-corrected chi connectivity index (χ4v) is 4.63. The molecule has 33 heavy (non-hydrogen) atoms. The Morgan fingerprint density at radius 3 is 2.61 bits per heavy atom. The molecule has 0 spiro atoms. The van der Waals surface area contributed by atoms with E-state index < -0.39 is 18.4 Å². The summed E-state index contributed by atoms with van der Waals surface area (Å²) in [5.41, 5.74) is 4.35. The largest absolute Gasteiger partial charge is 0.490 e. The molecule has 1 unspecified atom stereocenters. The highest BCUT2D eigenvalue weighted by Gasteiger charge is 2.45. The van der Waals surface area contributed by atoms with Crippen LogP contribution in [0.1, 0.15) is 34.5 Å². The molecule has 2 heterocycles. The lowest BCUT2D eigenvalue weighted by Gasteiger charge is -2.39. The fraction of sp³-hybridized carbons (Fsp3) is 0.261. The number of likely N-dealkylation sites (N-methyl/N-ethyl adjacent to an activating group) is 1. The Balaban J connectivity index is 1.79. The van der Waals surface area contributed by atoms with E-state index in [4.69, 9.17) is 27.9 Å². The van der Waals surface area contributed by atoms with Crippen LogP contribution >= 0.6 is 23.2 Å². The summed E-state index contributed by atoms with van der Waals surface area (Å²) in [6, 6.07) is 12.7. The second-order valence-corrected chi connectivity index (χ2v) is 8.69. The van der Waals surface area contributed by atoms with Gasteiger partial charge >= 0.3 is 12.1 Å². The van der Waals surface area contributed by atoms with Gasteiger partial charge in [-0.2, -0.15) is 23.4 Å². The van der Waals surface area contributed by atoms with Crippen molar-refractivity contribution in [1.29, 1.82) is 0 Å². The number of esters is 1. The van der Waals surface area contributed by atoms with Gasteiger partial charge in [-0.25, -0.2) is 4.79 Å². The summed E-state index contributed by atoms with van der Waals surface area (Å²) in [5.74, 6) is -2.56. The van der Waals surface area contributed by atoms with E-state index in [-0.39, 0.29) is 23.0 Å². The summed E-state index contributed by atoms with van der Waals surface area (Å²) in [4.78, 5) is 13.1. The number of carbonyl (C=O) groups excluding carboxylic acids is 1. The molecule has 0 fully saturated rings. The van der Waals surface area contributed by atoms with Crippen molar-refractivity contribution < 1.29 is 22.7 Å². The van der Waals surface area contributed by atoms with E-state index in [2.05, 4.69) is 10.2 Å². The van der Waals surface area contributed by atoms with Gasteiger partial charge < -0.3 is 4.74 Å². The summed E-state index contributed by atoms with van der Waals surface area (Å²) in [7, 11) is 1.58. The SMILES string of the molecule is Cc1cc(-c2cccc([C@@H]3CN(C)C(OC(=O)C(F)(F)F)c4c(Cl)cc(Cl)cc43)c2)cnn1. The Hall–Kier alpha value is -2.68. The van der Waals surface area contributed by atoms with Crippen LogP contribution in [0, 0.1) is 6.92 Å². The van der Waals surface area contributed by atoms with Crippen LogP contribution in [0.2, 0.25) is 10.0 Å². The summed E-state index contributed by atoms with van der Waals surface area (Å²) in [6.07, 6.45) is -4.76. The molecule has 0 saturated heterocycles. The molecule has 0 saturated carbocycles. The van der Waals surface area contributed by atoms with Crippen molar-refractivity contribution in [2.75, 3.05) is 13.6 Å². The van der Waals surface area contributed by atoms with Crippen molar-refractivity contribution in [3.63, 3.8) is 0 Å². The molecule has 0 aliphatic carbocycles. The fourth-order valence-electron chi connectivity index (χ4n) is 4.02. The minimum atomic E-state index is -5.12. The van der Waals surface area contributed by atoms with Crippen molar-refractivity contribution in [2.24, 2.45) is 0 Å². The number of aromatic nitrogens is 2. The minimum absolute atomic E-state index is 0.124. The lowest BCUT2D eigenvalue weighted by atomic mass is 9.83. The summed E-state index contributed by atoms with van der Waals surface area (Å²) in [5, 5.41) is 8.43. The third kappa shape index (κ3) is 4.83. The lowest BCUT2D eigenvalue weighted by molar-refractivity contribution is -0.213. The van der Waals surface area contributed by atoms with Gasteiger partial charge in [-0.05, 0) is 48.9 Å². The van der Waals surface area contributed by atoms with Crippen molar-refractivity contribution in [3.8, 4) is 11.1 Å². The monoisotopic (exact) mass is 495 g/mol. The summed E-state index contributed by atoms with van der Waals surface area (Å²) in [6.45, 7) is 2.12. The Morgan fingerprint density at radius 2 is 1.91 bits per heavy atom. The van der Waals surface area contributed by atoms with Gasteiger partial charge in [0, 0.05) is 28.6 Å². The van der Waals surface area contributed by atoms with Crippen LogP contribution in [0.3, 0.4) is 0 Å². The van der Waals surface area contributed by atoms with Crippen LogP contribution in [0.4, 0.5) is 13.2 Å². The minimum Gasteiger partial charge on any atom is -0.435 e.